The van der Waals surface area contributed by atoms with Crippen molar-refractivity contribution in [2.24, 2.45) is 0 Å². The first kappa shape index (κ1) is 15.6. The van der Waals surface area contributed by atoms with Gasteiger partial charge in [0.15, 0.2) is 11.5 Å². The third kappa shape index (κ3) is 3.44. The summed E-state index contributed by atoms with van der Waals surface area (Å²) >= 11 is 6.03. The summed E-state index contributed by atoms with van der Waals surface area (Å²) in [5.74, 6) is 1.61. The second-order valence-corrected chi connectivity index (χ2v) is 6.14. The van der Waals surface area contributed by atoms with Gasteiger partial charge in [-0.2, -0.15) is 0 Å². The lowest BCUT2D eigenvalue weighted by Crippen LogP contribution is -2.15. The molecule has 1 aliphatic heterocycles. The minimum absolute atomic E-state index is 0.719. The minimum Gasteiger partial charge on any atom is -0.453 e. The zero-order chi connectivity index (χ0) is 17.1. The van der Waals surface area contributed by atoms with Gasteiger partial charge in [-0.15, -0.1) is 0 Å². The molecule has 0 amide bonds. The Hall–Kier alpha value is -2.97. The van der Waals surface area contributed by atoms with Crippen LogP contribution in [0.25, 0.3) is 11.5 Å². The molecule has 0 N–H and O–H groups in total. The van der Waals surface area contributed by atoms with Gasteiger partial charge < -0.3 is 9.64 Å². The van der Waals surface area contributed by atoms with E-state index in [1.54, 1.807) is 0 Å². The average molecular weight is 346 g/mol. The molecule has 0 fully saturated rings. The molecule has 0 radical (unpaired) electrons. The Morgan fingerprint density at radius 2 is 1.08 bits per heavy atom. The summed E-state index contributed by atoms with van der Waals surface area (Å²) in [6, 6.07) is 27.9. The molecule has 25 heavy (non-hydrogen) atoms. The third-order valence-corrected chi connectivity index (χ3v) is 4.23. The molecule has 1 heterocycles. The lowest BCUT2D eigenvalue weighted by atomic mass is 10.1. The maximum atomic E-state index is 6.19. The van der Waals surface area contributed by atoms with E-state index in [0.29, 0.717) is 0 Å². The van der Waals surface area contributed by atoms with Crippen LogP contribution < -0.4 is 4.90 Å². The Morgan fingerprint density at radius 3 is 1.56 bits per heavy atom. The summed E-state index contributed by atoms with van der Waals surface area (Å²) in [5, 5.41) is 0.719. The number of anilines is 1. The first-order valence-corrected chi connectivity index (χ1v) is 8.44. The largest absolute Gasteiger partial charge is 0.453 e. The van der Waals surface area contributed by atoms with Crippen LogP contribution in [-0.2, 0) is 4.74 Å². The predicted octanol–water partition coefficient (Wildman–Crippen LogP) is 6.17. The van der Waals surface area contributed by atoms with Crippen molar-refractivity contribution in [1.82, 2.24) is 0 Å². The van der Waals surface area contributed by atoms with Gasteiger partial charge in [0.25, 0.3) is 0 Å². The van der Waals surface area contributed by atoms with E-state index in [9.17, 15) is 0 Å². The molecule has 3 aromatic carbocycles. The van der Waals surface area contributed by atoms with Gasteiger partial charge in [-0.25, -0.2) is 0 Å². The summed E-state index contributed by atoms with van der Waals surface area (Å²) in [6.07, 6.45) is 3.98. The molecule has 0 bridgehead atoms. The molecule has 0 spiro atoms. The van der Waals surface area contributed by atoms with Crippen molar-refractivity contribution in [2.45, 2.75) is 0 Å². The van der Waals surface area contributed by atoms with Crippen LogP contribution in [0.4, 0.5) is 5.69 Å². The Bertz CT molecular complexity index is 860. The lowest BCUT2D eigenvalue weighted by molar-refractivity contribution is 0.462. The number of hydrogen-bond acceptors (Lipinski definition) is 2. The van der Waals surface area contributed by atoms with E-state index in [2.05, 4.69) is 4.90 Å². The molecule has 122 valence electrons. The molecule has 3 aromatic rings. The van der Waals surface area contributed by atoms with Gasteiger partial charge >= 0.3 is 0 Å². The average Bonchev–Trinajstić information content (AvgIpc) is 2.69. The molecular formula is C22H16ClNO. The van der Waals surface area contributed by atoms with E-state index in [4.69, 9.17) is 16.3 Å². The predicted molar refractivity (Wildman–Crippen MR) is 104 cm³/mol. The molecule has 4 rings (SSSR count). The smallest absolute Gasteiger partial charge is 0.151 e. The Morgan fingerprint density at radius 1 is 0.600 bits per heavy atom. The van der Waals surface area contributed by atoms with E-state index in [0.717, 1.165) is 33.4 Å². The van der Waals surface area contributed by atoms with Gasteiger partial charge in [-0.1, -0.05) is 72.3 Å². The van der Waals surface area contributed by atoms with E-state index in [1.165, 1.54) is 0 Å². The van der Waals surface area contributed by atoms with Crippen molar-refractivity contribution in [2.75, 3.05) is 4.90 Å². The fraction of sp³-hybridized carbons (Fsp3) is 0. The summed E-state index contributed by atoms with van der Waals surface area (Å²) in [5.41, 5.74) is 3.08. The second-order valence-electron chi connectivity index (χ2n) is 5.70. The zero-order valence-electron chi connectivity index (χ0n) is 13.5. The van der Waals surface area contributed by atoms with Crippen LogP contribution in [0.5, 0.6) is 0 Å². The fourth-order valence-electron chi connectivity index (χ4n) is 2.70. The van der Waals surface area contributed by atoms with Crippen molar-refractivity contribution in [3.63, 3.8) is 0 Å². The molecule has 3 heteroatoms. The summed E-state index contributed by atoms with van der Waals surface area (Å²) in [6.45, 7) is 0. The topological polar surface area (TPSA) is 12.5 Å². The van der Waals surface area contributed by atoms with Gasteiger partial charge in [-0.05, 0) is 24.3 Å². The maximum absolute atomic E-state index is 6.19. The molecule has 0 saturated carbocycles. The Balaban J connectivity index is 1.78. The number of ether oxygens (including phenoxy) is 1. The van der Waals surface area contributed by atoms with Gasteiger partial charge in [0.05, 0.1) is 12.4 Å². The summed E-state index contributed by atoms with van der Waals surface area (Å²) in [4.78, 5) is 2.06. The van der Waals surface area contributed by atoms with Crippen molar-refractivity contribution >= 4 is 28.8 Å². The molecule has 1 aliphatic rings. The van der Waals surface area contributed by atoms with E-state index >= 15 is 0 Å². The van der Waals surface area contributed by atoms with Crippen LogP contribution >= 0.6 is 11.6 Å². The van der Waals surface area contributed by atoms with Crippen LogP contribution in [0.3, 0.4) is 0 Å². The highest BCUT2D eigenvalue weighted by Crippen LogP contribution is 2.32. The van der Waals surface area contributed by atoms with Crippen LogP contribution in [-0.4, -0.2) is 0 Å². The Kier molecular flexibility index (Phi) is 4.28. The van der Waals surface area contributed by atoms with Crippen LogP contribution in [0.1, 0.15) is 11.1 Å². The number of nitrogens with zero attached hydrogens (tertiary/aromatic N) is 1. The SMILES string of the molecule is Clc1ccc(N2C=C(c3ccccc3)OC(c3ccccc3)=C2)cc1. The number of benzene rings is 3. The van der Waals surface area contributed by atoms with Gasteiger partial charge in [0, 0.05) is 21.8 Å². The monoisotopic (exact) mass is 345 g/mol. The highest BCUT2D eigenvalue weighted by Gasteiger charge is 2.17. The van der Waals surface area contributed by atoms with E-state index in [1.807, 2.05) is 97.3 Å². The maximum Gasteiger partial charge on any atom is 0.151 e. The van der Waals surface area contributed by atoms with E-state index < -0.39 is 0 Å². The zero-order valence-corrected chi connectivity index (χ0v) is 14.2. The number of hydrogen-bond donors (Lipinski definition) is 0. The number of halogens is 1. The third-order valence-electron chi connectivity index (χ3n) is 3.97. The standard InChI is InChI=1S/C22H16ClNO/c23-19-11-13-20(14-12-19)24-15-21(17-7-3-1-4-8-17)25-22(16-24)18-9-5-2-6-10-18/h1-16H. The Labute approximate surface area is 152 Å². The lowest BCUT2D eigenvalue weighted by Gasteiger charge is -2.26. The second kappa shape index (κ2) is 6.88. The van der Waals surface area contributed by atoms with Gasteiger partial charge in [-0.3, -0.25) is 0 Å². The molecule has 0 aromatic heterocycles. The molecule has 0 aliphatic carbocycles. The summed E-state index contributed by atoms with van der Waals surface area (Å²) < 4.78 is 6.19. The van der Waals surface area contributed by atoms with E-state index in [-0.39, 0.29) is 0 Å². The molecular weight excluding hydrogens is 330 g/mol. The quantitative estimate of drug-likeness (QED) is 0.562. The fourth-order valence-corrected chi connectivity index (χ4v) is 2.82. The number of rotatable bonds is 3. The normalized spacial score (nSPS) is 13.7. The highest BCUT2D eigenvalue weighted by molar-refractivity contribution is 6.30. The van der Waals surface area contributed by atoms with Crippen molar-refractivity contribution in [3.8, 4) is 0 Å². The highest BCUT2D eigenvalue weighted by atomic mass is 35.5. The molecule has 0 saturated heterocycles. The molecule has 2 nitrogen and oxygen atoms in total. The first-order chi connectivity index (χ1) is 12.3. The van der Waals surface area contributed by atoms with Crippen molar-refractivity contribution in [3.05, 3.63) is 113 Å². The van der Waals surface area contributed by atoms with Crippen LogP contribution in [0.15, 0.2) is 97.3 Å². The van der Waals surface area contributed by atoms with Crippen molar-refractivity contribution < 1.29 is 4.74 Å². The first-order valence-electron chi connectivity index (χ1n) is 8.06. The minimum atomic E-state index is 0.719. The molecule has 0 unspecified atom stereocenters. The van der Waals surface area contributed by atoms with Crippen LogP contribution in [0, 0.1) is 0 Å². The van der Waals surface area contributed by atoms with Crippen molar-refractivity contribution in [1.29, 1.82) is 0 Å². The van der Waals surface area contributed by atoms with Gasteiger partial charge in [0.1, 0.15) is 0 Å². The van der Waals surface area contributed by atoms with Gasteiger partial charge in [0.2, 0.25) is 0 Å². The summed E-state index contributed by atoms with van der Waals surface area (Å²) in [7, 11) is 0. The van der Waals surface area contributed by atoms with Crippen LogP contribution in [0.2, 0.25) is 5.02 Å². The molecule has 0 atom stereocenters.